The molecule has 174 valence electrons. The molecule has 1 N–H and O–H groups in total. The SMILES string of the molecule is COCC1CC2(CCN(C(=O)c3cccc(OC)c3)CC2)CN1C.O=C(O)C(F)(F)F. The average molecular weight is 446 g/mol. The van der Waals surface area contributed by atoms with E-state index in [0.29, 0.717) is 17.0 Å². The quantitative estimate of drug-likeness (QED) is 0.766. The van der Waals surface area contributed by atoms with Crippen LogP contribution in [-0.2, 0) is 9.53 Å². The molecule has 2 fully saturated rings. The number of piperidine rings is 1. The second-order valence-electron chi connectivity index (χ2n) is 8.06. The molecule has 2 aliphatic rings. The second-order valence-corrected chi connectivity index (χ2v) is 8.06. The number of hydrogen-bond acceptors (Lipinski definition) is 5. The summed E-state index contributed by atoms with van der Waals surface area (Å²) in [6, 6.07) is 7.94. The van der Waals surface area contributed by atoms with Crippen LogP contribution in [0.25, 0.3) is 0 Å². The van der Waals surface area contributed by atoms with Crippen LogP contribution in [0.3, 0.4) is 0 Å². The molecule has 2 saturated heterocycles. The molecule has 31 heavy (non-hydrogen) atoms. The third kappa shape index (κ3) is 6.57. The van der Waals surface area contributed by atoms with Gasteiger partial charge in [0.25, 0.3) is 5.91 Å². The Morgan fingerprint density at radius 1 is 1.23 bits per heavy atom. The summed E-state index contributed by atoms with van der Waals surface area (Å²) in [6.07, 6.45) is -1.75. The largest absolute Gasteiger partial charge is 0.497 e. The van der Waals surface area contributed by atoms with E-state index >= 15 is 0 Å². The van der Waals surface area contributed by atoms with E-state index in [-0.39, 0.29) is 5.91 Å². The van der Waals surface area contributed by atoms with Crippen LogP contribution in [0.2, 0.25) is 0 Å². The van der Waals surface area contributed by atoms with Crippen LogP contribution >= 0.6 is 0 Å². The number of carbonyl (C=O) groups is 2. The van der Waals surface area contributed by atoms with E-state index in [4.69, 9.17) is 19.4 Å². The maximum atomic E-state index is 12.7. The van der Waals surface area contributed by atoms with Gasteiger partial charge in [-0.1, -0.05) is 6.07 Å². The van der Waals surface area contributed by atoms with Crippen molar-refractivity contribution in [1.82, 2.24) is 9.80 Å². The number of benzene rings is 1. The van der Waals surface area contributed by atoms with E-state index in [1.165, 1.54) is 6.42 Å². The Morgan fingerprint density at radius 2 is 1.84 bits per heavy atom. The second kappa shape index (κ2) is 10.3. The smallest absolute Gasteiger partial charge is 0.490 e. The summed E-state index contributed by atoms with van der Waals surface area (Å²) in [7, 11) is 5.59. The zero-order chi connectivity index (χ0) is 23.2. The third-order valence-corrected chi connectivity index (χ3v) is 5.91. The normalized spacial score (nSPS) is 20.8. The Balaban J connectivity index is 0.000000423. The minimum absolute atomic E-state index is 0.114. The standard InChI is InChI=1S/C19H28N2O3.C2HF3O2/c1-20-14-19(12-16(20)13-23-2)7-9-21(10-8-19)18(22)15-5-4-6-17(11-15)24-3;3-2(4,5)1(6)7/h4-6,11,16H,7-10,12-14H2,1-3H3;(H,6,7). The van der Waals surface area contributed by atoms with Crippen molar-refractivity contribution in [3.63, 3.8) is 0 Å². The molecular weight excluding hydrogens is 417 g/mol. The number of methoxy groups -OCH3 is 2. The van der Waals surface area contributed by atoms with Crippen LogP contribution in [0.15, 0.2) is 24.3 Å². The monoisotopic (exact) mass is 446 g/mol. The number of alkyl halides is 3. The molecule has 7 nitrogen and oxygen atoms in total. The lowest BCUT2D eigenvalue weighted by Crippen LogP contribution is -2.44. The van der Waals surface area contributed by atoms with E-state index in [0.717, 1.165) is 44.8 Å². The first-order valence-electron chi connectivity index (χ1n) is 9.94. The topological polar surface area (TPSA) is 79.3 Å². The fourth-order valence-electron chi connectivity index (χ4n) is 4.24. The van der Waals surface area contributed by atoms with E-state index in [1.807, 2.05) is 29.2 Å². The summed E-state index contributed by atoms with van der Waals surface area (Å²) < 4.78 is 42.3. The zero-order valence-corrected chi connectivity index (χ0v) is 17.9. The molecule has 2 heterocycles. The molecule has 0 aromatic heterocycles. The fourth-order valence-corrected chi connectivity index (χ4v) is 4.24. The van der Waals surface area contributed by atoms with Gasteiger partial charge in [0.15, 0.2) is 0 Å². The van der Waals surface area contributed by atoms with Gasteiger partial charge in [-0.3, -0.25) is 4.79 Å². The summed E-state index contributed by atoms with van der Waals surface area (Å²) in [4.78, 5) is 26.0. The van der Waals surface area contributed by atoms with Crippen LogP contribution in [0.5, 0.6) is 5.75 Å². The molecule has 1 atom stereocenters. The van der Waals surface area contributed by atoms with Crippen LogP contribution in [0.1, 0.15) is 29.6 Å². The number of ether oxygens (including phenoxy) is 2. The van der Waals surface area contributed by atoms with Gasteiger partial charge in [-0.05, 0) is 49.9 Å². The van der Waals surface area contributed by atoms with Gasteiger partial charge in [-0.15, -0.1) is 0 Å². The number of nitrogens with zero attached hydrogens (tertiary/aromatic N) is 2. The van der Waals surface area contributed by atoms with Crippen molar-refractivity contribution in [2.45, 2.75) is 31.5 Å². The Bertz CT molecular complexity index is 764. The number of likely N-dealkylation sites (tertiary alicyclic amines) is 2. The van der Waals surface area contributed by atoms with E-state index < -0.39 is 12.1 Å². The predicted molar refractivity (Wildman–Crippen MR) is 107 cm³/mol. The zero-order valence-electron chi connectivity index (χ0n) is 17.9. The van der Waals surface area contributed by atoms with Gasteiger partial charge in [0, 0.05) is 38.3 Å². The first-order valence-corrected chi connectivity index (χ1v) is 9.94. The van der Waals surface area contributed by atoms with Crippen LogP contribution in [0, 0.1) is 5.41 Å². The van der Waals surface area contributed by atoms with Crippen molar-refractivity contribution in [1.29, 1.82) is 0 Å². The maximum Gasteiger partial charge on any atom is 0.490 e. The highest BCUT2D eigenvalue weighted by molar-refractivity contribution is 5.94. The predicted octanol–water partition coefficient (Wildman–Crippen LogP) is 2.90. The van der Waals surface area contributed by atoms with Gasteiger partial charge >= 0.3 is 12.1 Å². The number of carbonyl (C=O) groups excluding carboxylic acids is 1. The maximum absolute atomic E-state index is 12.7. The molecule has 2 aliphatic heterocycles. The number of carboxylic acids is 1. The van der Waals surface area contributed by atoms with Gasteiger partial charge in [-0.25, -0.2) is 4.79 Å². The molecule has 0 radical (unpaired) electrons. The molecule has 1 spiro atoms. The summed E-state index contributed by atoms with van der Waals surface area (Å²) >= 11 is 0. The highest BCUT2D eigenvalue weighted by Crippen LogP contribution is 2.43. The van der Waals surface area contributed by atoms with Crippen molar-refractivity contribution >= 4 is 11.9 Å². The number of hydrogen-bond donors (Lipinski definition) is 1. The van der Waals surface area contributed by atoms with Crippen LogP contribution in [0.4, 0.5) is 13.2 Å². The lowest BCUT2D eigenvalue weighted by Gasteiger charge is -2.39. The van der Waals surface area contributed by atoms with Crippen molar-refractivity contribution in [3.05, 3.63) is 29.8 Å². The fraction of sp³-hybridized carbons (Fsp3) is 0.619. The molecule has 0 aliphatic carbocycles. The Labute approximate surface area is 179 Å². The number of carboxylic acid groups (broad SMARTS) is 1. The summed E-state index contributed by atoms with van der Waals surface area (Å²) in [6.45, 7) is 3.58. The Hall–Kier alpha value is -2.33. The van der Waals surface area contributed by atoms with Crippen molar-refractivity contribution in [3.8, 4) is 5.75 Å². The molecule has 1 amide bonds. The van der Waals surface area contributed by atoms with Crippen molar-refractivity contribution in [2.75, 3.05) is 47.5 Å². The summed E-state index contributed by atoms with van der Waals surface area (Å²) in [5.41, 5.74) is 1.06. The molecule has 3 rings (SSSR count). The van der Waals surface area contributed by atoms with Crippen molar-refractivity contribution < 1.29 is 37.3 Å². The molecule has 1 unspecified atom stereocenters. The summed E-state index contributed by atoms with van der Waals surface area (Å²) in [5.74, 6) is -1.91. The highest BCUT2D eigenvalue weighted by atomic mass is 19.4. The van der Waals surface area contributed by atoms with E-state index in [9.17, 15) is 18.0 Å². The van der Waals surface area contributed by atoms with E-state index in [2.05, 4.69) is 11.9 Å². The first-order chi connectivity index (χ1) is 14.5. The first kappa shape index (κ1) is 24.9. The van der Waals surface area contributed by atoms with Gasteiger partial charge < -0.3 is 24.4 Å². The number of amides is 1. The molecule has 0 saturated carbocycles. The van der Waals surface area contributed by atoms with Gasteiger partial charge in [-0.2, -0.15) is 13.2 Å². The molecule has 1 aromatic carbocycles. The molecule has 10 heteroatoms. The molecule has 1 aromatic rings. The lowest BCUT2D eigenvalue weighted by molar-refractivity contribution is -0.192. The van der Waals surface area contributed by atoms with Crippen LogP contribution in [-0.4, -0.2) is 86.5 Å². The third-order valence-electron chi connectivity index (χ3n) is 5.91. The Kier molecular flexibility index (Phi) is 8.30. The Morgan fingerprint density at radius 3 is 2.35 bits per heavy atom. The summed E-state index contributed by atoms with van der Waals surface area (Å²) in [5, 5.41) is 7.12. The van der Waals surface area contributed by atoms with Crippen molar-refractivity contribution in [2.24, 2.45) is 5.41 Å². The van der Waals surface area contributed by atoms with Gasteiger partial charge in [0.05, 0.1) is 13.7 Å². The van der Waals surface area contributed by atoms with Gasteiger partial charge in [0.2, 0.25) is 0 Å². The molecule has 0 bridgehead atoms. The number of rotatable bonds is 4. The number of likely N-dealkylation sites (N-methyl/N-ethyl adjacent to an activating group) is 1. The minimum Gasteiger partial charge on any atom is -0.497 e. The van der Waals surface area contributed by atoms with E-state index in [1.54, 1.807) is 14.2 Å². The highest BCUT2D eigenvalue weighted by Gasteiger charge is 2.44. The lowest BCUT2D eigenvalue weighted by atomic mass is 9.76. The number of aliphatic carboxylic acids is 1. The van der Waals surface area contributed by atoms with Crippen LogP contribution < -0.4 is 4.74 Å². The van der Waals surface area contributed by atoms with Gasteiger partial charge in [0.1, 0.15) is 5.75 Å². The number of halogens is 3. The molecular formula is C21H29F3N2O5. The minimum atomic E-state index is -5.08. The average Bonchev–Trinajstić information content (AvgIpc) is 3.02.